The van der Waals surface area contributed by atoms with Crippen LogP contribution in [0.3, 0.4) is 0 Å². The number of aryl methyl sites for hydroxylation is 1. The number of pyridine rings is 2. The molecule has 0 radical (unpaired) electrons. The lowest BCUT2D eigenvalue weighted by Crippen LogP contribution is -2.47. The Labute approximate surface area is 283 Å². The Kier molecular flexibility index (Phi) is 8.22. The third kappa shape index (κ3) is 5.48. The Bertz CT molecular complexity index is 2430. The number of fused-ring (bicyclic) bond motifs is 4. The molecule has 0 atom stereocenters. The lowest BCUT2D eigenvalue weighted by atomic mass is 10.1. The van der Waals surface area contributed by atoms with Gasteiger partial charge >= 0.3 is 0 Å². The number of aromatic nitrogens is 4. The van der Waals surface area contributed by atoms with Crippen LogP contribution in [0.25, 0.3) is 49.1 Å². The van der Waals surface area contributed by atoms with Gasteiger partial charge in [-0.05, 0) is 74.5 Å². The van der Waals surface area contributed by atoms with E-state index in [0.717, 1.165) is 121 Å². The van der Waals surface area contributed by atoms with Crippen molar-refractivity contribution >= 4 is 66.2 Å². The van der Waals surface area contributed by atoms with E-state index >= 15 is 0 Å². The molecule has 3 aromatic heterocycles. The van der Waals surface area contributed by atoms with E-state index < -0.39 is 0 Å². The number of rotatable bonds is 11. The van der Waals surface area contributed by atoms with Crippen LogP contribution in [0.5, 0.6) is 0 Å². The molecule has 0 saturated carbocycles. The highest BCUT2D eigenvalue weighted by atomic mass is 16.1. The number of benzene rings is 4. The van der Waals surface area contributed by atoms with Gasteiger partial charge in [0.2, 0.25) is 0 Å². The number of para-hydroxylation sites is 2. The number of piperazine rings is 1. The van der Waals surface area contributed by atoms with Crippen LogP contribution in [0, 0.1) is 0 Å². The van der Waals surface area contributed by atoms with Crippen LogP contribution in [-0.2, 0) is 7.05 Å². The highest BCUT2D eigenvalue weighted by Gasteiger charge is 2.19. The maximum absolute atomic E-state index is 13.6. The molecule has 8 rings (SSSR count). The molecule has 49 heavy (non-hydrogen) atoms. The summed E-state index contributed by atoms with van der Waals surface area (Å²) < 4.78 is 3.90. The third-order valence-electron chi connectivity index (χ3n) is 10.1. The topological polar surface area (TPSA) is 112 Å². The minimum Gasteiger partial charge on any atom is -0.386 e. The summed E-state index contributed by atoms with van der Waals surface area (Å²) in [4.78, 5) is 32.2. The number of nitrogens with one attached hydrogen (secondary N) is 3. The average Bonchev–Trinajstić information content (AvgIpc) is 3.58. The second-order valence-electron chi connectivity index (χ2n) is 13.0. The maximum Gasteiger partial charge on any atom is 0.199 e. The van der Waals surface area contributed by atoms with Gasteiger partial charge < -0.3 is 30.3 Å². The fourth-order valence-corrected chi connectivity index (χ4v) is 7.56. The van der Waals surface area contributed by atoms with Gasteiger partial charge in [0.1, 0.15) is 11.0 Å². The SMILES string of the molecule is CNc1ccc(NCCCN2CCN(CCCNc3ccc4nnn5c6ccccc6c(=O)c3c45)CC2)c2c(=O)c3ccccc3n(C)c12. The zero-order valence-corrected chi connectivity index (χ0v) is 28.0. The van der Waals surface area contributed by atoms with Gasteiger partial charge in [-0.25, -0.2) is 4.52 Å². The number of hydrogen-bond donors (Lipinski definition) is 3. The minimum atomic E-state index is 0.0164. The predicted molar refractivity (Wildman–Crippen MR) is 201 cm³/mol. The van der Waals surface area contributed by atoms with E-state index in [1.165, 1.54) is 0 Å². The molecule has 0 aliphatic carbocycles. The average molecular weight is 656 g/mol. The normalized spacial score (nSPS) is 14.5. The second kappa shape index (κ2) is 13.0. The van der Waals surface area contributed by atoms with Crippen LogP contribution in [0.2, 0.25) is 0 Å². The quantitative estimate of drug-likeness (QED) is 0.134. The molecule has 11 heteroatoms. The first-order chi connectivity index (χ1) is 24.0. The Morgan fingerprint density at radius 2 is 1.18 bits per heavy atom. The molecule has 0 amide bonds. The molecular weight excluding hydrogens is 614 g/mol. The van der Waals surface area contributed by atoms with Crippen LogP contribution in [0.15, 0.2) is 82.4 Å². The molecule has 1 aliphatic heterocycles. The summed E-state index contributed by atoms with van der Waals surface area (Å²) in [5, 5.41) is 21.8. The first-order valence-corrected chi connectivity index (χ1v) is 17.2. The molecule has 3 N–H and O–H groups in total. The van der Waals surface area contributed by atoms with E-state index in [9.17, 15) is 9.59 Å². The molecule has 11 nitrogen and oxygen atoms in total. The van der Waals surface area contributed by atoms with E-state index in [4.69, 9.17) is 0 Å². The lowest BCUT2D eigenvalue weighted by Gasteiger charge is -2.34. The van der Waals surface area contributed by atoms with Crippen molar-refractivity contribution in [2.24, 2.45) is 7.05 Å². The van der Waals surface area contributed by atoms with Crippen LogP contribution in [-0.4, -0.2) is 88.6 Å². The summed E-state index contributed by atoms with van der Waals surface area (Å²) >= 11 is 0. The fourth-order valence-electron chi connectivity index (χ4n) is 7.56. The zero-order valence-electron chi connectivity index (χ0n) is 28.0. The Morgan fingerprint density at radius 3 is 1.82 bits per heavy atom. The number of anilines is 3. The van der Waals surface area contributed by atoms with Crippen molar-refractivity contribution in [1.82, 2.24) is 29.2 Å². The first-order valence-electron chi connectivity index (χ1n) is 17.2. The van der Waals surface area contributed by atoms with E-state index in [2.05, 4.69) is 46.7 Å². The molecular formula is C38H41N9O2. The Morgan fingerprint density at radius 1 is 0.653 bits per heavy atom. The van der Waals surface area contributed by atoms with Crippen molar-refractivity contribution < 1.29 is 0 Å². The lowest BCUT2D eigenvalue weighted by molar-refractivity contribution is 0.132. The summed E-state index contributed by atoms with van der Waals surface area (Å²) in [7, 11) is 3.92. The molecule has 250 valence electrons. The highest BCUT2D eigenvalue weighted by Crippen LogP contribution is 2.30. The van der Waals surface area contributed by atoms with Gasteiger partial charge in [-0.3, -0.25) is 9.59 Å². The molecule has 4 aromatic carbocycles. The molecule has 4 heterocycles. The van der Waals surface area contributed by atoms with Gasteiger partial charge in [0.25, 0.3) is 0 Å². The van der Waals surface area contributed by atoms with Crippen molar-refractivity contribution in [3.8, 4) is 0 Å². The van der Waals surface area contributed by atoms with Crippen LogP contribution < -0.4 is 26.8 Å². The van der Waals surface area contributed by atoms with E-state index in [1.807, 2.05) is 80.8 Å². The number of nitrogens with zero attached hydrogens (tertiary/aromatic N) is 6. The summed E-state index contributed by atoms with van der Waals surface area (Å²) in [5.74, 6) is 0. The molecule has 1 fully saturated rings. The molecule has 1 saturated heterocycles. The molecule has 0 unspecified atom stereocenters. The minimum absolute atomic E-state index is 0.0164. The molecule has 0 bridgehead atoms. The maximum atomic E-state index is 13.6. The van der Waals surface area contributed by atoms with Crippen molar-refractivity contribution in [2.45, 2.75) is 12.8 Å². The van der Waals surface area contributed by atoms with Crippen LogP contribution in [0.1, 0.15) is 12.8 Å². The van der Waals surface area contributed by atoms with Gasteiger partial charge in [0, 0.05) is 75.5 Å². The molecule has 1 aliphatic rings. The van der Waals surface area contributed by atoms with E-state index in [1.54, 1.807) is 4.52 Å². The Balaban J connectivity index is 0.832. The second-order valence-corrected chi connectivity index (χ2v) is 13.0. The summed E-state index contributed by atoms with van der Waals surface area (Å²) in [6.45, 7) is 7.79. The largest absolute Gasteiger partial charge is 0.386 e. The fraction of sp³-hybridized carbons (Fsp3) is 0.316. The molecule has 7 aromatic rings. The van der Waals surface area contributed by atoms with Crippen LogP contribution in [0.4, 0.5) is 17.1 Å². The third-order valence-corrected chi connectivity index (χ3v) is 10.1. The van der Waals surface area contributed by atoms with Crippen molar-refractivity contribution in [3.05, 3.63) is 93.2 Å². The van der Waals surface area contributed by atoms with Crippen LogP contribution >= 0.6 is 0 Å². The smallest absolute Gasteiger partial charge is 0.199 e. The number of hydrogen-bond acceptors (Lipinski definition) is 9. The zero-order chi connectivity index (χ0) is 33.5. The van der Waals surface area contributed by atoms with Crippen molar-refractivity contribution in [1.29, 1.82) is 0 Å². The van der Waals surface area contributed by atoms with Gasteiger partial charge in [0.05, 0.1) is 33.0 Å². The van der Waals surface area contributed by atoms with Gasteiger partial charge in [-0.1, -0.05) is 29.5 Å². The summed E-state index contributed by atoms with van der Waals surface area (Å²) in [6.07, 6.45) is 1.98. The van der Waals surface area contributed by atoms with Crippen molar-refractivity contribution in [2.75, 3.05) is 75.4 Å². The highest BCUT2D eigenvalue weighted by molar-refractivity contribution is 6.07. The van der Waals surface area contributed by atoms with Gasteiger partial charge in [-0.15, -0.1) is 5.10 Å². The van der Waals surface area contributed by atoms with E-state index in [-0.39, 0.29) is 10.9 Å². The van der Waals surface area contributed by atoms with Gasteiger partial charge in [0.15, 0.2) is 10.9 Å². The Hall–Kier alpha value is -5.26. The van der Waals surface area contributed by atoms with Gasteiger partial charge in [-0.2, -0.15) is 0 Å². The van der Waals surface area contributed by atoms with E-state index in [0.29, 0.717) is 10.8 Å². The van der Waals surface area contributed by atoms with Crippen molar-refractivity contribution in [3.63, 3.8) is 0 Å². The summed E-state index contributed by atoms with van der Waals surface area (Å²) in [5.41, 5.74) is 6.89. The standard InChI is InChI=1S/C38H41N9O2/c1-39-29-15-13-27(33-35(29)44(2)31-11-5-3-9-25(31)37(33)48)40-17-7-19-45-21-23-46(24-22-45)20-8-18-41-28-14-16-30-36-34(28)38(49)26-10-4-6-12-32(26)47(36)43-42-30/h3-6,9-16,39-41H,7-8,17-24H2,1-2H3. The summed E-state index contributed by atoms with van der Waals surface area (Å²) in [6, 6.07) is 23.4. The monoisotopic (exact) mass is 655 g/mol. The molecule has 0 spiro atoms. The first kappa shape index (κ1) is 31.0. The predicted octanol–water partition coefficient (Wildman–Crippen LogP) is 4.80.